The molecule has 0 aromatic heterocycles. The van der Waals surface area contributed by atoms with Gasteiger partial charge in [-0.2, -0.15) is 39.1 Å². The fourth-order valence-electron chi connectivity index (χ4n) is 7.45. The molecule has 266 valence electrons. The molecule has 3 aliphatic heterocycles. The summed E-state index contributed by atoms with van der Waals surface area (Å²) in [5.41, 5.74) is -3.76. The van der Waals surface area contributed by atoms with Gasteiger partial charge in [0, 0.05) is 31.8 Å². The van der Waals surface area contributed by atoms with Crippen molar-refractivity contribution in [1.29, 1.82) is 0 Å². The third kappa shape index (κ3) is 6.06. The van der Waals surface area contributed by atoms with Crippen LogP contribution in [0.3, 0.4) is 0 Å². The van der Waals surface area contributed by atoms with Crippen LogP contribution in [0.4, 0.5) is 42.5 Å². The number of benzene rings is 2. The Morgan fingerprint density at radius 1 is 1.04 bits per heavy atom. The fourth-order valence-corrected chi connectivity index (χ4v) is 9.30. The van der Waals surface area contributed by atoms with Gasteiger partial charge < -0.3 is 19.7 Å². The molecule has 1 unspecified atom stereocenters. The van der Waals surface area contributed by atoms with Crippen molar-refractivity contribution >= 4 is 39.5 Å². The number of amides is 3. The molecule has 0 bridgehead atoms. The Bertz CT molecular complexity index is 1750. The lowest BCUT2D eigenvalue weighted by Crippen LogP contribution is -2.58. The highest BCUT2D eigenvalue weighted by Gasteiger charge is 2.61. The number of halogens is 6. The number of ether oxygens (including phenoxy) is 2. The number of rotatable bonds is 4. The Kier molecular flexibility index (Phi) is 8.78. The lowest BCUT2D eigenvalue weighted by Gasteiger charge is -2.43. The van der Waals surface area contributed by atoms with Gasteiger partial charge in [0.25, 0.3) is 0 Å². The van der Waals surface area contributed by atoms with Crippen LogP contribution in [0.1, 0.15) is 55.7 Å². The highest BCUT2D eigenvalue weighted by Crippen LogP contribution is 2.54. The van der Waals surface area contributed by atoms with Crippen LogP contribution in [0.25, 0.3) is 0 Å². The van der Waals surface area contributed by atoms with E-state index in [1.807, 2.05) is 0 Å². The molecule has 2 aromatic carbocycles. The van der Waals surface area contributed by atoms with Crippen LogP contribution in [-0.2, 0) is 48.6 Å². The maximum absolute atomic E-state index is 14.3. The molecule has 1 saturated carbocycles. The first-order valence-electron chi connectivity index (χ1n) is 15.5. The third-order valence-corrected chi connectivity index (χ3v) is 11.6. The Hall–Kier alpha value is -4.06. The Morgan fingerprint density at radius 3 is 2.35 bits per heavy atom. The maximum Gasteiger partial charge on any atom is 0.471 e. The lowest BCUT2D eigenvalue weighted by atomic mass is 9.77. The number of nitrogens with zero attached hydrogens (tertiary/aromatic N) is 3. The molecule has 3 amide bonds. The largest absolute Gasteiger partial charge is 0.471 e. The zero-order valence-electron chi connectivity index (χ0n) is 26.0. The maximum atomic E-state index is 14.3. The van der Waals surface area contributed by atoms with Gasteiger partial charge in [0.05, 0.1) is 28.4 Å². The fraction of sp³-hybridized carbons (Fsp3) is 0.516. The van der Waals surface area contributed by atoms with Gasteiger partial charge in [0.2, 0.25) is 5.91 Å². The van der Waals surface area contributed by atoms with Gasteiger partial charge in [0.1, 0.15) is 6.61 Å². The topological polar surface area (TPSA) is 126 Å². The van der Waals surface area contributed by atoms with E-state index in [0.29, 0.717) is 22.0 Å². The average Bonchev–Trinajstić information content (AvgIpc) is 3.59. The molecule has 3 heterocycles. The van der Waals surface area contributed by atoms with Crippen LogP contribution in [0.5, 0.6) is 0 Å². The molecular weight excluding hydrogens is 686 g/mol. The predicted molar refractivity (Wildman–Crippen MR) is 160 cm³/mol. The van der Waals surface area contributed by atoms with Gasteiger partial charge in [-0.1, -0.05) is 30.3 Å². The van der Waals surface area contributed by atoms with E-state index in [-0.39, 0.29) is 60.9 Å². The monoisotopic (exact) mass is 718 g/mol. The first-order chi connectivity index (χ1) is 23.0. The summed E-state index contributed by atoms with van der Waals surface area (Å²) in [7, 11) is -5.08. The van der Waals surface area contributed by atoms with Crippen LogP contribution >= 0.6 is 0 Å². The highest BCUT2D eigenvalue weighted by molar-refractivity contribution is 7.95. The smallest absolute Gasteiger partial charge is 0.444 e. The summed E-state index contributed by atoms with van der Waals surface area (Å²) < 4.78 is 124. The van der Waals surface area contributed by atoms with Gasteiger partial charge in [-0.15, -0.1) is 0 Å². The SMILES string of the molecule is CC1N2c3c(cc(C(F)(F)F)cc3N(C(=O)OCc3ccccc3)S2(=O)=O)CNC(=O)[C@]12CC[C@@H](N(C(=O)C(F)(F)F)C1CCOCC1)C2. The van der Waals surface area contributed by atoms with Crippen molar-refractivity contribution in [2.24, 2.45) is 5.41 Å². The van der Waals surface area contributed by atoms with Crippen molar-refractivity contribution in [2.45, 2.75) is 82.7 Å². The number of hydrogen-bond acceptors (Lipinski definition) is 7. The van der Waals surface area contributed by atoms with E-state index in [4.69, 9.17) is 9.47 Å². The number of anilines is 2. The Balaban J connectivity index is 1.42. The van der Waals surface area contributed by atoms with E-state index in [1.54, 1.807) is 30.3 Å². The molecule has 1 N–H and O–H groups in total. The molecule has 1 saturated heterocycles. The van der Waals surface area contributed by atoms with E-state index < -0.39 is 88.4 Å². The zero-order valence-corrected chi connectivity index (χ0v) is 26.8. The van der Waals surface area contributed by atoms with E-state index in [0.717, 1.165) is 4.90 Å². The predicted octanol–water partition coefficient (Wildman–Crippen LogP) is 5.04. The van der Waals surface area contributed by atoms with Crippen molar-refractivity contribution in [1.82, 2.24) is 10.2 Å². The standard InChI is InChI=1S/C31H32F6N4O7S/c1-18-29(10-7-23(15-29)39(27(43)31(35,36)37)22-8-11-47-12-9-22)26(42)38-16-20-13-21(30(32,33)34)14-24-25(20)40(18)49(45,46)41(24)28(44)48-17-19-5-3-2-4-6-19/h2-6,13-14,18,22-23H,7-12,15-17H2,1H3,(H,38,42)/t18?,23-,29+/m1/s1. The molecule has 2 fully saturated rings. The van der Waals surface area contributed by atoms with Crippen molar-refractivity contribution < 1.29 is 58.6 Å². The number of carbonyl (C=O) groups excluding carboxylic acids is 3. The molecule has 49 heavy (non-hydrogen) atoms. The first kappa shape index (κ1) is 34.8. The minimum atomic E-state index is -5.23. The van der Waals surface area contributed by atoms with E-state index in [9.17, 15) is 49.1 Å². The zero-order chi connectivity index (χ0) is 35.5. The minimum Gasteiger partial charge on any atom is -0.444 e. The van der Waals surface area contributed by atoms with Gasteiger partial charge in [-0.3, -0.25) is 9.59 Å². The summed E-state index contributed by atoms with van der Waals surface area (Å²) in [4.78, 5) is 41.0. The molecule has 1 spiro atoms. The van der Waals surface area contributed by atoms with Crippen LogP contribution < -0.4 is 13.9 Å². The molecular formula is C31H32F6N4O7S. The number of hydrogen-bond donors (Lipinski definition) is 1. The van der Waals surface area contributed by atoms with Crippen LogP contribution in [0.2, 0.25) is 0 Å². The molecule has 0 radical (unpaired) electrons. The molecule has 18 heteroatoms. The molecule has 2 aromatic rings. The van der Waals surface area contributed by atoms with Crippen molar-refractivity contribution in [2.75, 3.05) is 21.8 Å². The summed E-state index contributed by atoms with van der Waals surface area (Å²) in [5.74, 6) is -2.90. The van der Waals surface area contributed by atoms with Gasteiger partial charge in [-0.05, 0) is 62.3 Å². The number of carbonyl (C=O) groups is 3. The Labute approximate surface area is 277 Å². The molecule has 4 aliphatic rings. The molecule has 3 atom stereocenters. The molecule has 1 aliphatic carbocycles. The lowest BCUT2D eigenvalue weighted by molar-refractivity contribution is -0.192. The second kappa shape index (κ2) is 12.4. The van der Waals surface area contributed by atoms with Crippen molar-refractivity contribution in [3.63, 3.8) is 0 Å². The number of alkyl halides is 6. The van der Waals surface area contributed by atoms with Crippen LogP contribution in [-0.4, -0.2) is 68.7 Å². The molecule has 11 nitrogen and oxygen atoms in total. The highest BCUT2D eigenvalue weighted by atomic mass is 32.2. The summed E-state index contributed by atoms with van der Waals surface area (Å²) in [6.45, 7) is 0.544. The van der Waals surface area contributed by atoms with Crippen molar-refractivity contribution in [3.8, 4) is 0 Å². The first-order valence-corrected chi connectivity index (χ1v) is 16.9. The van der Waals surface area contributed by atoms with E-state index in [2.05, 4.69) is 5.32 Å². The van der Waals surface area contributed by atoms with Gasteiger partial charge >= 0.3 is 34.6 Å². The quantitative estimate of drug-likeness (QED) is 0.440. The normalized spacial score (nSPS) is 25.4. The van der Waals surface area contributed by atoms with E-state index >= 15 is 0 Å². The number of nitrogens with one attached hydrogen (secondary N) is 1. The summed E-state index contributed by atoms with van der Waals surface area (Å²) in [5, 5.41) is 2.57. The minimum absolute atomic E-state index is 0.0968. The molecule has 6 rings (SSSR count). The third-order valence-electron chi connectivity index (χ3n) is 9.81. The summed E-state index contributed by atoms with van der Waals surface area (Å²) in [6, 6.07) is 5.90. The van der Waals surface area contributed by atoms with E-state index in [1.165, 1.54) is 6.92 Å². The summed E-state index contributed by atoms with van der Waals surface area (Å²) >= 11 is 0. The average molecular weight is 719 g/mol. The Morgan fingerprint density at radius 2 is 1.71 bits per heavy atom. The summed E-state index contributed by atoms with van der Waals surface area (Å²) in [6.07, 6.45) is -12.1. The van der Waals surface area contributed by atoms with Gasteiger partial charge in [-0.25, -0.2) is 9.10 Å². The van der Waals surface area contributed by atoms with Gasteiger partial charge in [0.15, 0.2) is 0 Å². The van der Waals surface area contributed by atoms with Crippen LogP contribution in [0.15, 0.2) is 42.5 Å². The second-order valence-corrected chi connectivity index (χ2v) is 14.2. The van der Waals surface area contributed by atoms with Crippen LogP contribution in [0, 0.1) is 5.41 Å². The van der Waals surface area contributed by atoms with Crippen molar-refractivity contribution in [3.05, 3.63) is 59.2 Å². The second-order valence-electron chi connectivity index (χ2n) is 12.6.